The summed E-state index contributed by atoms with van der Waals surface area (Å²) in [5.41, 5.74) is 1.02. The summed E-state index contributed by atoms with van der Waals surface area (Å²) in [6, 6.07) is 11.7. The smallest absolute Gasteiger partial charge is 0.200 e. The van der Waals surface area contributed by atoms with Gasteiger partial charge in [-0.3, -0.25) is 4.40 Å². The first kappa shape index (κ1) is 11.7. The lowest BCUT2D eigenvalue weighted by molar-refractivity contribution is 0.626. The number of hydrogen-bond acceptors (Lipinski definition) is 4. The summed E-state index contributed by atoms with van der Waals surface area (Å²) in [6.45, 7) is 0. The Morgan fingerprint density at radius 2 is 2.11 bits per heavy atom. The zero-order chi connectivity index (χ0) is 13.2. The minimum Gasteiger partial charge on any atom is -0.277 e. The predicted octanol–water partition coefficient (Wildman–Crippen LogP) is 2.89. The van der Waals surface area contributed by atoms with Gasteiger partial charge >= 0.3 is 0 Å². The van der Waals surface area contributed by atoms with E-state index in [2.05, 4.69) is 10.2 Å². The number of rotatable bonds is 2. The molecule has 3 aromatic rings. The number of aromatic nitrogens is 3. The Morgan fingerprint density at radius 1 is 1.21 bits per heavy atom. The molecule has 2 aromatic heterocycles. The third-order valence-corrected chi connectivity index (χ3v) is 3.58. The molecule has 0 aliphatic rings. The second kappa shape index (κ2) is 4.71. The van der Waals surface area contributed by atoms with Gasteiger partial charge in [0.25, 0.3) is 0 Å². The average molecular weight is 270 g/mol. The summed E-state index contributed by atoms with van der Waals surface area (Å²) < 4.78 is 14.9. The fourth-order valence-electron chi connectivity index (χ4n) is 1.67. The summed E-state index contributed by atoms with van der Waals surface area (Å²) in [7, 11) is 0. The fourth-order valence-corrected chi connectivity index (χ4v) is 2.55. The molecule has 0 aliphatic carbocycles. The van der Waals surface area contributed by atoms with Crippen molar-refractivity contribution in [2.75, 3.05) is 0 Å². The standard InChI is InChI=1S/C13H7FN4S/c14-10-4-5-11(9(7-10)8-15)19-13-17-16-12-3-1-2-6-18(12)13/h1-7H. The van der Waals surface area contributed by atoms with Crippen LogP contribution in [-0.2, 0) is 0 Å². The lowest BCUT2D eigenvalue weighted by Crippen LogP contribution is -1.88. The van der Waals surface area contributed by atoms with Crippen LogP contribution < -0.4 is 0 Å². The molecule has 3 rings (SSSR count). The molecule has 0 aliphatic heterocycles. The highest BCUT2D eigenvalue weighted by Gasteiger charge is 2.10. The van der Waals surface area contributed by atoms with E-state index in [0.29, 0.717) is 10.1 Å². The van der Waals surface area contributed by atoms with E-state index in [1.54, 1.807) is 6.07 Å². The molecule has 0 radical (unpaired) electrons. The molecule has 0 atom stereocenters. The monoisotopic (exact) mass is 270 g/mol. The fraction of sp³-hybridized carbons (Fsp3) is 0. The molecule has 6 heteroatoms. The number of nitriles is 1. The highest BCUT2D eigenvalue weighted by atomic mass is 32.2. The average Bonchev–Trinajstić information content (AvgIpc) is 2.84. The Labute approximate surface area is 112 Å². The molecule has 0 spiro atoms. The molecule has 0 amide bonds. The van der Waals surface area contributed by atoms with E-state index in [1.807, 2.05) is 34.9 Å². The quantitative estimate of drug-likeness (QED) is 0.718. The van der Waals surface area contributed by atoms with E-state index in [9.17, 15) is 4.39 Å². The van der Waals surface area contributed by atoms with Gasteiger partial charge in [0.05, 0.1) is 5.56 Å². The van der Waals surface area contributed by atoms with Crippen LogP contribution >= 0.6 is 11.8 Å². The van der Waals surface area contributed by atoms with Crippen molar-refractivity contribution in [1.29, 1.82) is 5.26 Å². The van der Waals surface area contributed by atoms with Crippen LogP contribution in [0.15, 0.2) is 52.6 Å². The summed E-state index contributed by atoms with van der Waals surface area (Å²) in [5.74, 6) is -0.424. The van der Waals surface area contributed by atoms with Crippen molar-refractivity contribution < 1.29 is 4.39 Å². The van der Waals surface area contributed by atoms with Crippen molar-refractivity contribution in [3.05, 3.63) is 54.0 Å². The number of nitrogens with zero attached hydrogens (tertiary/aromatic N) is 4. The third-order valence-electron chi connectivity index (χ3n) is 2.55. The van der Waals surface area contributed by atoms with E-state index in [4.69, 9.17) is 5.26 Å². The molecule has 19 heavy (non-hydrogen) atoms. The number of fused-ring (bicyclic) bond motifs is 1. The van der Waals surface area contributed by atoms with Gasteiger partial charge in [-0.25, -0.2) is 4.39 Å². The van der Waals surface area contributed by atoms with Crippen LogP contribution in [0.4, 0.5) is 4.39 Å². The third kappa shape index (κ3) is 2.16. The van der Waals surface area contributed by atoms with Crippen LogP contribution in [0, 0.1) is 17.1 Å². The van der Waals surface area contributed by atoms with Crippen molar-refractivity contribution in [3.8, 4) is 6.07 Å². The van der Waals surface area contributed by atoms with Crippen LogP contribution in [0.5, 0.6) is 0 Å². The van der Waals surface area contributed by atoms with Crippen molar-refractivity contribution >= 4 is 17.4 Å². The van der Waals surface area contributed by atoms with Crippen LogP contribution in [0.1, 0.15) is 5.56 Å². The topological polar surface area (TPSA) is 54.0 Å². The van der Waals surface area contributed by atoms with Crippen molar-refractivity contribution in [1.82, 2.24) is 14.6 Å². The van der Waals surface area contributed by atoms with Gasteiger partial charge in [-0.15, -0.1) is 10.2 Å². The van der Waals surface area contributed by atoms with Crippen LogP contribution in [0.2, 0.25) is 0 Å². The Morgan fingerprint density at radius 3 is 2.95 bits per heavy atom. The lowest BCUT2D eigenvalue weighted by Gasteiger charge is -2.02. The Kier molecular flexibility index (Phi) is 2.89. The molecule has 0 fully saturated rings. The molecule has 0 saturated carbocycles. The van der Waals surface area contributed by atoms with E-state index in [1.165, 1.54) is 23.9 Å². The van der Waals surface area contributed by atoms with Gasteiger partial charge in [-0.2, -0.15) is 5.26 Å². The molecule has 0 saturated heterocycles. The van der Waals surface area contributed by atoms with Crippen molar-refractivity contribution in [2.45, 2.75) is 10.1 Å². The zero-order valence-electron chi connectivity index (χ0n) is 9.62. The molecule has 4 nitrogen and oxygen atoms in total. The van der Waals surface area contributed by atoms with Gasteiger partial charge in [-0.05, 0) is 42.1 Å². The first-order valence-electron chi connectivity index (χ1n) is 5.45. The molecule has 0 bridgehead atoms. The molecular weight excluding hydrogens is 263 g/mol. The van der Waals surface area contributed by atoms with E-state index in [0.717, 1.165) is 5.65 Å². The first-order chi connectivity index (χ1) is 9.28. The highest BCUT2D eigenvalue weighted by Crippen LogP contribution is 2.29. The van der Waals surface area contributed by atoms with Gasteiger partial charge in [-0.1, -0.05) is 6.07 Å². The molecule has 1 aromatic carbocycles. The lowest BCUT2D eigenvalue weighted by atomic mass is 10.2. The number of benzene rings is 1. The predicted molar refractivity (Wildman–Crippen MR) is 68.2 cm³/mol. The Bertz CT molecular complexity index is 791. The minimum absolute atomic E-state index is 0.290. The van der Waals surface area contributed by atoms with Crippen LogP contribution in [0.3, 0.4) is 0 Å². The summed E-state index contributed by atoms with van der Waals surface area (Å²) in [6.07, 6.45) is 1.84. The maximum atomic E-state index is 13.1. The largest absolute Gasteiger partial charge is 0.277 e. The van der Waals surface area contributed by atoms with Gasteiger partial charge in [0.15, 0.2) is 10.8 Å². The number of pyridine rings is 1. The number of hydrogen-bond donors (Lipinski definition) is 0. The molecule has 2 heterocycles. The van der Waals surface area contributed by atoms with Gasteiger partial charge in [0.1, 0.15) is 11.9 Å². The molecular formula is C13H7FN4S. The van der Waals surface area contributed by atoms with Gasteiger partial charge < -0.3 is 0 Å². The summed E-state index contributed by atoms with van der Waals surface area (Å²) >= 11 is 1.28. The van der Waals surface area contributed by atoms with E-state index in [-0.39, 0.29) is 5.56 Å². The normalized spacial score (nSPS) is 10.5. The van der Waals surface area contributed by atoms with Crippen molar-refractivity contribution in [3.63, 3.8) is 0 Å². The molecule has 0 unspecified atom stereocenters. The second-order valence-electron chi connectivity index (χ2n) is 3.77. The molecule has 92 valence electrons. The summed E-state index contributed by atoms with van der Waals surface area (Å²) in [4.78, 5) is 0.655. The summed E-state index contributed by atoms with van der Waals surface area (Å²) in [5, 5.41) is 17.7. The van der Waals surface area contributed by atoms with Gasteiger partial charge in [0.2, 0.25) is 0 Å². The van der Waals surface area contributed by atoms with E-state index < -0.39 is 5.82 Å². The maximum absolute atomic E-state index is 13.1. The highest BCUT2D eigenvalue weighted by molar-refractivity contribution is 7.99. The molecule has 0 N–H and O–H groups in total. The minimum atomic E-state index is -0.424. The Hall–Kier alpha value is -2.39. The Balaban J connectivity index is 2.04. The second-order valence-corrected chi connectivity index (χ2v) is 4.77. The zero-order valence-corrected chi connectivity index (χ0v) is 10.4. The van der Waals surface area contributed by atoms with Crippen molar-refractivity contribution in [2.24, 2.45) is 0 Å². The van der Waals surface area contributed by atoms with Crippen LogP contribution in [-0.4, -0.2) is 14.6 Å². The van der Waals surface area contributed by atoms with Gasteiger partial charge in [0, 0.05) is 11.1 Å². The maximum Gasteiger partial charge on any atom is 0.200 e. The first-order valence-corrected chi connectivity index (χ1v) is 6.27. The van der Waals surface area contributed by atoms with E-state index >= 15 is 0 Å². The van der Waals surface area contributed by atoms with Crippen LogP contribution in [0.25, 0.3) is 5.65 Å². The number of halogens is 1. The SMILES string of the molecule is N#Cc1cc(F)ccc1Sc1nnc2ccccn12.